The van der Waals surface area contributed by atoms with Gasteiger partial charge in [0.15, 0.2) is 5.78 Å². The van der Waals surface area contributed by atoms with E-state index in [9.17, 15) is 9.59 Å². The summed E-state index contributed by atoms with van der Waals surface area (Å²) in [6.07, 6.45) is 1.80. The van der Waals surface area contributed by atoms with Gasteiger partial charge in [-0.15, -0.1) is 0 Å². The van der Waals surface area contributed by atoms with Crippen molar-refractivity contribution in [2.24, 2.45) is 5.92 Å². The van der Waals surface area contributed by atoms with E-state index < -0.39 is 5.92 Å². The zero-order valence-electron chi connectivity index (χ0n) is 12.0. The first-order valence-corrected chi connectivity index (χ1v) is 7.30. The van der Waals surface area contributed by atoms with Crippen LogP contribution in [0.4, 0.5) is 0 Å². The van der Waals surface area contributed by atoms with Crippen molar-refractivity contribution in [2.75, 3.05) is 7.11 Å². The summed E-state index contributed by atoms with van der Waals surface area (Å²) in [7, 11) is 1.54. The van der Waals surface area contributed by atoms with Crippen LogP contribution >= 0.6 is 11.6 Å². The molecule has 0 amide bonds. The summed E-state index contributed by atoms with van der Waals surface area (Å²) in [5.41, 5.74) is 1.62. The number of Topliss-reactive ketones (excluding diaryl/α,β-unsaturated/α-hetero) is 2. The average Bonchev–Trinajstić information content (AvgIpc) is 2.44. The zero-order chi connectivity index (χ0) is 14.9. The summed E-state index contributed by atoms with van der Waals surface area (Å²) in [5, 5.41) is 0.561. The molecule has 0 N–H and O–H groups in total. The maximum absolute atomic E-state index is 12.4. The molecule has 0 heterocycles. The Morgan fingerprint density at radius 1 is 1.35 bits per heavy atom. The SMILES string of the molecule is CCc1cc(Cl)cc(OC)c1C1C(=O)CCC(C)C1=O. The van der Waals surface area contributed by atoms with Gasteiger partial charge in [-0.2, -0.15) is 0 Å². The number of ether oxygens (including phenoxy) is 1. The summed E-state index contributed by atoms with van der Waals surface area (Å²) in [6.45, 7) is 3.87. The summed E-state index contributed by atoms with van der Waals surface area (Å²) in [6, 6.07) is 3.50. The Bertz CT molecular complexity index is 526. The number of halogens is 1. The average molecular weight is 295 g/mol. The van der Waals surface area contributed by atoms with Crippen LogP contribution in [0.2, 0.25) is 5.02 Å². The Balaban J connectivity index is 2.60. The number of ketones is 2. The second-order valence-electron chi connectivity index (χ2n) is 5.28. The fourth-order valence-corrected chi connectivity index (χ4v) is 3.06. The molecule has 0 bridgehead atoms. The van der Waals surface area contributed by atoms with Gasteiger partial charge >= 0.3 is 0 Å². The van der Waals surface area contributed by atoms with Crippen molar-refractivity contribution in [1.29, 1.82) is 0 Å². The largest absolute Gasteiger partial charge is 0.496 e. The molecule has 1 aliphatic rings. The molecular weight excluding hydrogens is 276 g/mol. The van der Waals surface area contributed by atoms with Gasteiger partial charge in [-0.1, -0.05) is 25.4 Å². The fraction of sp³-hybridized carbons (Fsp3) is 0.500. The molecule has 0 radical (unpaired) electrons. The predicted octanol–water partition coefficient (Wildman–Crippen LogP) is 3.56. The van der Waals surface area contributed by atoms with Gasteiger partial charge in [0, 0.05) is 22.9 Å². The molecule has 108 valence electrons. The monoisotopic (exact) mass is 294 g/mol. The minimum atomic E-state index is -0.694. The summed E-state index contributed by atoms with van der Waals surface area (Å²) in [5.74, 6) is -0.251. The molecule has 4 heteroatoms. The second-order valence-corrected chi connectivity index (χ2v) is 5.71. The highest BCUT2D eigenvalue weighted by Gasteiger charge is 2.38. The molecule has 0 aliphatic heterocycles. The molecule has 0 aromatic heterocycles. The van der Waals surface area contributed by atoms with E-state index in [1.165, 1.54) is 7.11 Å². The van der Waals surface area contributed by atoms with Crippen molar-refractivity contribution in [3.05, 3.63) is 28.3 Å². The van der Waals surface area contributed by atoms with Crippen LogP contribution < -0.4 is 4.74 Å². The lowest BCUT2D eigenvalue weighted by molar-refractivity contribution is -0.134. The minimum absolute atomic E-state index is 0.00317. The van der Waals surface area contributed by atoms with E-state index in [1.807, 2.05) is 19.9 Å². The lowest BCUT2D eigenvalue weighted by Crippen LogP contribution is -2.33. The highest BCUT2D eigenvalue weighted by atomic mass is 35.5. The van der Waals surface area contributed by atoms with Crippen LogP contribution in [0.5, 0.6) is 5.75 Å². The van der Waals surface area contributed by atoms with Gasteiger partial charge in [-0.05, 0) is 30.5 Å². The van der Waals surface area contributed by atoms with Gasteiger partial charge in [0.1, 0.15) is 17.5 Å². The van der Waals surface area contributed by atoms with Crippen LogP contribution in [0, 0.1) is 5.92 Å². The van der Waals surface area contributed by atoms with Gasteiger partial charge in [0.25, 0.3) is 0 Å². The van der Waals surface area contributed by atoms with Crippen LogP contribution in [0.1, 0.15) is 43.7 Å². The van der Waals surface area contributed by atoms with Crippen molar-refractivity contribution in [3.63, 3.8) is 0 Å². The molecule has 1 aliphatic carbocycles. The van der Waals surface area contributed by atoms with Gasteiger partial charge in [-0.3, -0.25) is 9.59 Å². The highest BCUT2D eigenvalue weighted by Crippen LogP contribution is 2.39. The van der Waals surface area contributed by atoms with Crippen molar-refractivity contribution < 1.29 is 14.3 Å². The van der Waals surface area contributed by atoms with Crippen molar-refractivity contribution >= 4 is 23.2 Å². The Morgan fingerprint density at radius 3 is 2.65 bits per heavy atom. The quantitative estimate of drug-likeness (QED) is 0.801. The van der Waals surface area contributed by atoms with E-state index in [2.05, 4.69) is 0 Å². The summed E-state index contributed by atoms with van der Waals surface area (Å²) < 4.78 is 5.36. The topological polar surface area (TPSA) is 43.4 Å². The number of methoxy groups -OCH3 is 1. The number of aryl methyl sites for hydroxylation is 1. The molecule has 2 rings (SSSR count). The standard InChI is InChI=1S/C16H19ClO3/c1-4-10-7-11(17)8-13(20-3)14(10)15-12(18)6-5-9(2)16(15)19/h7-9,15H,4-6H2,1-3H3. The fourth-order valence-electron chi connectivity index (χ4n) is 2.83. The molecule has 3 nitrogen and oxygen atoms in total. The smallest absolute Gasteiger partial charge is 0.150 e. The first kappa shape index (κ1) is 15.0. The summed E-state index contributed by atoms with van der Waals surface area (Å²) >= 11 is 6.07. The van der Waals surface area contributed by atoms with Gasteiger partial charge in [0.05, 0.1) is 7.11 Å². The third kappa shape index (κ3) is 2.59. The van der Waals surface area contributed by atoms with E-state index in [0.29, 0.717) is 35.6 Å². The van der Waals surface area contributed by atoms with Crippen LogP contribution in [-0.2, 0) is 16.0 Å². The molecule has 1 aromatic rings. The Labute approximate surface area is 124 Å². The number of hydrogen-bond donors (Lipinski definition) is 0. The molecule has 2 atom stereocenters. The van der Waals surface area contributed by atoms with Crippen LogP contribution in [0.3, 0.4) is 0 Å². The predicted molar refractivity (Wildman–Crippen MR) is 78.5 cm³/mol. The Hall–Kier alpha value is -1.35. The van der Waals surface area contributed by atoms with E-state index in [-0.39, 0.29) is 17.5 Å². The third-order valence-electron chi connectivity index (χ3n) is 4.00. The third-order valence-corrected chi connectivity index (χ3v) is 4.22. The first-order chi connectivity index (χ1) is 9.49. The van der Waals surface area contributed by atoms with Crippen LogP contribution in [0.25, 0.3) is 0 Å². The molecule has 20 heavy (non-hydrogen) atoms. The molecule has 2 unspecified atom stereocenters. The number of carbonyl (C=O) groups is 2. The van der Waals surface area contributed by atoms with Crippen molar-refractivity contribution in [1.82, 2.24) is 0 Å². The van der Waals surface area contributed by atoms with E-state index in [4.69, 9.17) is 16.3 Å². The normalized spacial score (nSPS) is 23.0. The highest BCUT2D eigenvalue weighted by molar-refractivity contribution is 6.31. The lowest BCUT2D eigenvalue weighted by Gasteiger charge is -2.27. The van der Waals surface area contributed by atoms with Crippen molar-refractivity contribution in [2.45, 2.75) is 39.0 Å². The molecule has 0 spiro atoms. The molecule has 1 fully saturated rings. The lowest BCUT2D eigenvalue weighted by atomic mass is 9.75. The molecule has 0 saturated heterocycles. The zero-order valence-corrected chi connectivity index (χ0v) is 12.8. The molecule has 1 aromatic carbocycles. The number of benzene rings is 1. The number of hydrogen-bond acceptors (Lipinski definition) is 3. The minimum Gasteiger partial charge on any atom is -0.496 e. The van der Waals surface area contributed by atoms with E-state index in [1.54, 1.807) is 6.07 Å². The first-order valence-electron chi connectivity index (χ1n) is 6.92. The summed E-state index contributed by atoms with van der Waals surface area (Å²) in [4.78, 5) is 24.7. The van der Waals surface area contributed by atoms with Crippen molar-refractivity contribution in [3.8, 4) is 5.75 Å². The second kappa shape index (κ2) is 5.96. The van der Waals surface area contributed by atoms with Gasteiger partial charge < -0.3 is 4.74 Å². The van der Waals surface area contributed by atoms with Crippen LogP contribution in [-0.4, -0.2) is 18.7 Å². The Morgan fingerprint density at radius 2 is 2.05 bits per heavy atom. The van der Waals surface area contributed by atoms with E-state index >= 15 is 0 Å². The Kier molecular flexibility index (Phi) is 4.48. The van der Waals surface area contributed by atoms with Gasteiger partial charge in [-0.25, -0.2) is 0 Å². The number of carbonyl (C=O) groups excluding carboxylic acids is 2. The number of rotatable bonds is 3. The maximum Gasteiger partial charge on any atom is 0.150 e. The van der Waals surface area contributed by atoms with E-state index in [0.717, 1.165) is 5.56 Å². The molecular formula is C16H19ClO3. The molecule has 1 saturated carbocycles. The van der Waals surface area contributed by atoms with Crippen LogP contribution in [0.15, 0.2) is 12.1 Å². The maximum atomic E-state index is 12.4. The van der Waals surface area contributed by atoms with Gasteiger partial charge in [0.2, 0.25) is 0 Å².